The van der Waals surface area contributed by atoms with Crippen molar-refractivity contribution >= 4 is 11.7 Å². The fourth-order valence-electron chi connectivity index (χ4n) is 2.50. The molecule has 0 radical (unpaired) electrons. The summed E-state index contributed by atoms with van der Waals surface area (Å²) in [6, 6.07) is 9.89. The predicted molar refractivity (Wildman–Crippen MR) is 97.2 cm³/mol. The molecule has 0 aliphatic rings. The Balaban J connectivity index is 2.03. The van der Waals surface area contributed by atoms with E-state index in [1.54, 1.807) is 6.07 Å². The third-order valence-electron chi connectivity index (χ3n) is 3.77. The standard InChI is InChI=1S/C19H26N4O/c1-4-10-23(11-5-2)18-12-17(21-14-22-18)19(24)20-13-16-8-6-15(3)7-9-16/h6-9,12,14H,4-5,10-11,13H2,1-3H3,(H,20,24). The van der Waals surface area contributed by atoms with Crippen molar-refractivity contribution in [3.63, 3.8) is 0 Å². The van der Waals surface area contributed by atoms with Crippen LogP contribution in [0.4, 0.5) is 5.82 Å². The van der Waals surface area contributed by atoms with Gasteiger partial charge in [-0.1, -0.05) is 43.7 Å². The Morgan fingerprint density at radius 3 is 2.38 bits per heavy atom. The maximum atomic E-state index is 12.4. The van der Waals surface area contributed by atoms with Crippen molar-refractivity contribution in [2.75, 3.05) is 18.0 Å². The number of carbonyl (C=O) groups is 1. The lowest BCUT2D eigenvalue weighted by Gasteiger charge is -2.22. The molecule has 1 heterocycles. The van der Waals surface area contributed by atoms with Crippen molar-refractivity contribution < 1.29 is 4.79 Å². The number of hydrogen-bond donors (Lipinski definition) is 1. The molecule has 0 saturated heterocycles. The number of anilines is 1. The van der Waals surface area contributed by atoms with Gasteiger partial charge in [-0.15, -0.1) is 0 Å². The first-order chi connectivity index (χ1) is 11.6. The summed E-state index contributed by atoms with van der Waals surface area (Å²) in [5.74, 6) is 0.640. The average Bonchev–Trinajstić information content (AvgIpc) is 2.61. The van der Waals surface area contributed by atoms with Crippen molar-refractivity contribution in [3.8, 4) is 0 Å². The van der Waals surface area contributed by atoms with Crippen molar-refractivity contribution in [1.29, 1.82) is 0 Å². The van der Waals surface area contributed by atoms with E-state index in [-0.39, 0.29) is 5.91 Å². The Kier molecular flexibility index (Phi) is 6.73. The molecule has 1 amide bonds. The summed E-state index contributed by atoms with van der Waals surface area (Å²) in [6.07, 6.45) is 3.55. The zero-order valence-corrected chi connectivity index (χ0v) is 14.7. The van der Waals surface area contributed by atoms with Crippen LogP contribution in [0.1, 0.15) is 48.3 Å². The van der Waals surface area contributed by atoms with Gasteiger partial charge in [-0.2, -0.15) is 0 Å². The maximum absolute atomic E-state index is 12.4. The highest BCUT2D eigenvalue weighted by molar-refractivity contribution is 5.92. The monoisotopic (exact) mass is 326 g/mol. The third-order valence-corrected chi connectivity index (χ3v) is 3.77. The molecule has 0 spiro atoms. The van der Waals surface area contributed by atoms with Gasteiger partial charge in [0.15, 0.2) is 0 Å². The number of aromatic nitrogens is 2. The number of aryl methyl sites for hydroxylation is 1. The zero-order chi connectivity index (χ0) is 17.4. The molecule has 1 aromatic heterocycles. The van der Waals surface area contributed by atoms with Crippen LogP contribution in [0.3, 0.4) is 0 Å². The molecule has 24 heavy (non-hydrogen) atoms. The molecule has 0 aliphatic heterocycles. The van der Waals surface area contributed by atoms with E-state index in [0.717, 1.165) is 37.3 Å². The molecule has 0 atom stereocenters. The summed E-state index contributed by atoms with van der Waals surface area (Å²) in [7, 11) is 0. The number of benzene rings is 1. The van der Waals surface area contributed by atoms with E-state index in [9.17, 15) is 4.79 Å². The summed E-state index contributed by atoms with van der Waals surface area (Å²) >= 11 is 0. The molecule has 0 aliphatic carbocycles. The normalized spacial score (nSPS) is 10.5. The third kappa shape index (κ3) is 5.05. The summed E-state index contributed by atoms with van der Waals surface area (Å²) in [6.45, 7) is 8.66. The lowest BCUT2D eigenvalue weighted by Crippen LogP contribution is -2.28. The number of hydrogen-bond acceptors (Lipinski definition) is 4. The van der Waals surface area contributed by atoms with E-state index in [1.807, 2.05) is 31.2 Å². The Morgan fingerprint density at radius 1 is 1.08 bits per heavy atom. The van der Waals surface area contributed by atoms with Crippen LogP contribution in [0.2, 0.25) is 0 Å². The van der Waals surface area contributed by atoms with E-state index in [0.29, 0.717) is 12.2 Å². The Bertz CT molecular complexity index is 649. The number of carbonyl (C=O) groups excluding carboxylic acids is 1. The van der Waals surface area contributed by atoms with Gasteiger partial charge >= 0.3 is 0 Å². The Morgan fingerprint density at radius 2 is 1.75 bits per heavy atom. The quantitative estimate of drug-likeness (QED) is 0.808. The highest BCUT2D eigenvalue weighted by Gasteiger charge is 2.12. The molecule has 1 N–H and O–H groups in total. The van der Waals surface area contributed by atoms with Gasteiger partial charge in [0.2, 0.25) is 0 Å². The van der Waals surface area contributed by atoms with E-state index in [4.69, 9.17) is 0 Å². The predicted octanol–water partition coefficient (Wildman–Crippen LogP) is 3.34. The van der Waals surface area contributed by atoms with Crippen LogP contribution in [-0.2, 0) is 6.54 Å². The van der Waals surface area contributed by atoms with Crippen LogP contribution < -0.4 is 10.2 Å². The number of amides is 1. The van der Waals surface area contributed by atoms with Crippen LogP contribution in [-0.4, -0.2) is 29.0 Å². The maximum Gasteiger partial charge on any atom is 0.270 e. The fraction of sp³-hybridized carbons (Fsp3) is 0.421. The van der Waals surface area contributed by atoms with Gasteiger partial charge in [-0.3, -0.25) is 4.79 Å². The smallest absolute Gasteiger partial charge is 0.270 e. The molecule has 5 nitrogen and oxygen atoms in total. The van der Waals surface area contributed by atoms with Crippen molar-refractivity contribution in [1.82, 2.24) is 15.3 Å². The molecule has 0 fully saturated rings. The second kappa shape index (κ2) is 9.01. The number of rotatable bonds is 8. The summed E-state index contributed by atoms with van der Waals surface area (Å²) < 4.78 is 0. The fourth-order valence-corrected chi connectivity index (χ4v) is 2.50. The molecular formula is C19H26N4O. The number of nitrogens with zero attached hydrogens (tertiary/aromatic N) is 3. The number of nitrogens with one attached hydrogen (secondary N) is 1. The molecule has 5 heteroatoms. The van der Waals surface area contributed by atoms with Gasteiger partial charge in [0.05, 0.1) is 0 Å². The minimum absolute atomic E-state index is 0.174. The highest BCUT2D eigenvalue weighted by Crippen LogP contribution is 2.12. The van der Waals surface area contributed by atoms with E-state index < -0.39 is 0 Å². The molecule has 1 aromatic carbocycles. The van der Waals surface area contributed by atoms with E-state index >= 15 is 0 Å². The summed E-state index contributed by atoms with van der Waals surface area (Å²) in [5.41, 5.74) is 2.68. The lowest BCUT2D eigenvalue weighted by atomic mass is 10.1. The van der Waals surface area contributed by atoms with E-state index in [2.05, 4.69) is 34.0 Å². The van der Waals surface area contributed by atoms with Gasteiger partial charge < -0.3 is 10.2 Å². The lowest BCUT2D eigenvalue weighted by molar-refractivity contribution is 0.0945. The van der Waals surface area contributed by atoms with Gasteiger partial charge in [-0.25, -0.2) is 9.97 Å². The van der Waals surface area contributed by atoms with E-state index in [1.165, 1.54) is 11.9 Å². The topological polar surface area (TPSA) is 58.1 Å². The first kappa shape index (κ1) is 17.9. The molecule has 0 saturated carbocycles. The van der Waals surface area contributed by atoms with Crippen LogP contribution >= 0.6 is 0 Å². The Hall–Kier alpha value is -2.43. The molecule has 0 bridgehead atoms. The summed E-state index contributed by atoms with van der Waals surface area (Å²) in [5, 5.41) is 2.92. The summed E-state index contributed by atoms with van der Waals surface area (Å²) in [4.78, 5) is 23.0. The van der Waals surface area contributed by atoms with Gasteiger partial charge in [0, 0.05) is 25.7 Å². The minimum atomic E-state index is -0.174. The van der Waals surface area contributed by atoms with Gasteiger partial charge in [0.1, 0.15) is 17.8 Å². The van der Waals surface area contributed by atoms with Crippen LogP contribution in [0.5, 0.6) is 0 Å². The second-order valence-electron chi connectivity index (χ2n) is 5.92. The SMILES string of the molecule is CCCN(CCC)c1cc(C(=O)NCc2ccc(C)cc2)ncn1. The molecule has 2 rings (SSSR count). The minimum Gasteiger partial charge on any atom is -0.357 e. The highest BCUT2D eigenvalue weighted by atomic mass is 16.1. The van der Waals surface area contributed by atoms with Crippen LogP contribution in [0.15, 0.2) is 36.7 Å². The van der Waals surface area contributed by atoms with Crippen LogP contribution in [0.25, 0.3) is 0 Å². The van der Waals surface area contributed by atoms with Crippen molar-refractivity contribution in [2.45, 2.75) is 40.2 Å². The van der Waals surface area contributed by atoms with Crippen molar-refractivity contribution in [2.24, 2.45) is 0 Å². The Labute approximate surface area is 144 Å². The molecule has 0 unspecified atom stereocenters. The van der Waals surface area contributed by atoms with Gasteiger partial charge in [0.25, 0.3) is 5.91 Å². The molecule has 128 valence electrons. The molecule has 2 aromatic rings. The zero-order valence-electron chi connectivity index (χ0n) is 14.7. The second-order valence-corrected chi connectivity index (χ2v) is 5.92. The first-order valence-corrected chi connectivity index (χ1v) is 8.54. The van der Waals surface area contributed by atoms with Gasteiger partial charge in [-0.05, 0) is 25.3 Å². The largest absolute Gasteiger partial charge is 0.357 e. The van der Waals surface area contributed by atoms with Crippen LogP contribution in [0, 0.1) is 6.92 Å². The molecular weight excluding hydrogens is 300 g/mol. The first-order valence-electron chi connectivity index (χ1n) is 8.54. The average molecular weight is 326 g/mol. The van der Waals surface area contributed by atoms with Crippen molar-refractivity contribution in [3.05, 3.63) is 53.5 Å².